The number of likely N-dealkylation sites (tertiary alicyclic amines) is 1. The third kappa shape index (κ3) is 2.46. The van der Waals surface area contributed by atoms with Gasteiger partial charge in [-0.15, -0.1) is 0 Å². The van der Waals surface area contributed by atoms with Crippen LogP contribution < -0.4 is 0 Å². The molecule has 3 rings (SSSR count). The van der Waals surface area contributed by atoms with Crippen molar-refractivity contribution < 1.29 is 5.11 Å². The molecule has 0 spiro atoms. The molecule has 1 atom stereocenters. The lowest BCUT2D eigenvalue weighted by Gasteiger charge is -2.23. The standard InChI is InChI=1S/C15H17ClN2O/c16-14-6-5-11-3-1-7-17-15(11)13(14)9-18-8-2-4-12(18)10-19/h1,3,5-7,12,19H,2,4,8-10H2/t12-/m0/s1. The van der Waals surface area contributed by atoms with Gasteiger partial charge in [-0.3, -0.25) is 9.88 Å². The van der Waals surface area contributed by atoms with Crippen molar-refractivity contribution >= 4 is 22.5 Å². The van der Waals surface area contributed by atoms with Crippen LogP contribution >= 0.6 is 11.6 Å². The number of pyridine rings is 1. The number of hydrogen-bond donors (Lipinski definition) is 1. The Morgan fingerprint density at radius 1 is 1.37 bits per heavy atom. The van der Waals surface area contributed by atoms with Gasteiger partial charge in [0, 0.05) is 34.8 Å². The van der Waals surface area contributed by atoms with E-state index in [1.807, 2.05) is 18.2 Å². The van der Waals surface area contributed by atoms with Gasteiger partial charge >= 0.3 is 0 Å². The molecule has 0 radical (unpaired) electrons. The van der Waals surface area contributed by atoms with E-state index in [0.29, 0.717) is 0 Å². The molecule has 3 nitrogen and oxygen atoms in total. The van der Waals surface area contributed by atoms with Crippen molar-refractivity contribution in [2.45, 2.75) is 25.4 Å². The van der Waals surface area contributed by atoms with E-state index < -0.39 is 0 Å². The average Bonchev–Trinajstić information content (AvgIpc) is 2.89. The monoisotopic (exact) mass is 276 g/mol. The molecule has 0 saturated carbocycles. The summed E-state index contributed by atoms with van der Waals surface area (Å²) < 4.78 is 0. The van der Waals surface area contributed by atoms with Crippen LogP contribution in [0.5, 0.6) is 0 Å². The molecule has 19 heavy (non-hydrogen) atoms. The summed E-state index contributed by atoms with van der Waals surface area (Å²) >= 11 is 6.34. The number of aliphatic hydroxyl groups is 1. The van der Waals surface area contributed by atoms with Crippen molar-refractivity contribution in [3.63, 3.8) is 0 Å². The van der Waals surface area contributed by atoms with Crippen molar-refractivity contribution in [3.05, 3.63) is 41.0 Å². The molecule has 0 unspecified atom stereocenters. The summed E-state index contributed by atoms with van der Waals surface area (Å²) in [5.74, 6) is 0. The highest BCUT2D eigenvalue weighted by molar-refractivity contribution is 6.32. The van der Waals surface area contributed by atoms with Crippen LogP contribution in [-0.2, 0) is 6.54 Å². The van der Waals surface area contributed by atoms with E-state index in [2.05, 4.69) is 16.0 Å². The Hall–Kier alpha value is -1.16. The normalized spacial score (nSPS) is 20.2. The average molecular weight is 277 g/mol. The SMILES string of the molecule is OC[C@@H]1CCCN1Cc1c(Cl)ccc2cccnc12. The number of rotatable bonds is 3. The van der Waals surface area contributed by atoms with Crippen LogP contribution in [0.15, 0.2) is 30.5 Å². The number of nitrogens with zero attached hydrogens (tertiary/aromatic N) is 2. The molecule has 1 N–H and O–H groups in total. The largest absolute Gasteiger partial charge is 0.395 e. The summed E-state index contributed by atoms with van der Waals surface area (Å²) in [5.41, 5.74) is 2.04. The first-order valence-electron chi connectivity index (χ1n) is 6.66. The summed E-state index contributed by atoms with van der Waals surface area (Å²) in [6.07, 6.45) is 4.00. The number of aromatic nitrogens is 1. The molecule has 1 aromatic heterocycles. The van der Waals surface area contributed by atoms with E-state index in [4.69, 9.17) is 11.6 Å². The highest BCUT2D eigenvalue weighted by Gasteiger charge is 2.25. The number of benzene rings is 1. The molecular formula is C15H17ClN2O. The molecule has 0 aliphatic carbocycles. The predicted octanol–water partition coefficient (Wildman–Crippen LogP) is 2.84. The third-order valence-corrected chi connectivity index (χ3v) is 4.25. The van der Waals surface area contributed by atoms with E-state index in [-0.39, 0.29) is 12.6 Å². The first-order chi connectivity index (χ1) is 9.29. The molecule has 1 aromatic carbocycles. The zero-order valence-electron chi connectivity index (χ0n) is 10.7. The molecule has 1 saturated heterocycles. The van der Waals surface area contributed by atoms with Gasteiger partial charge in [0.15, 0.2) is 0 Å². The van der Waals surface area contributed by atoms with Crippen molar-refractivity contribution in [1.82, 2.24) is 9.88 Å². The fraction of sp³-hybridized carbons (Fsp3) is 0.400. The van der Waals surface area contributed by atoms with Gasteiger partial charge < -0.3 is 5.11 Å². The van der Waals surface area contributed by atoms with Crippen molar-refractivity contribution in [1.29, 1.82) is 0 Å². The second-order valence-corrected chi connectivity index (χ2v) is 5.46. The van der Waals surface area contributed by atoms with Crippen LogP contribution in [0.1, 0.15) is 18.4 Å². The van der Waals surface area contributed by atoms with Crippen molar-refractivity contribution in [2.24, 2.45) is 0 Å². The Balaban J connectivity index is 1.98. The van der Waals surface area contributed by atoms with E-state index in [0.717, 1.165) is 47.4 Å². The van der Waals surface area contributed by atoms with Gasteiger partial charge in [-0.05, 0) is 31.5 Å². The maximum Gasteiger partial charge on any atom is 0.0761 e. The quantitative estimate of drug-likeness (QED) is 0.936. The molecule has 100 valence electrons. The van der Waals surface area contributed by atoms with E-state index >= 15 is 0 Å². The molecular weight excluding hydrogens is 260 g/mol. The van der Waals surface area contributed by atoms with Crippen LogP contribution in [0.3, 0.4) is 0 Å². The second kappa shape index (κ2) is 5.45. The maximum absolute atomic E-state index is 9.41. The lowest BCUT2D eigenvalue weighted by Crippen LogP contribution is -2.31. The van der Waals surface area contributed by atoms with Crippen LogP contribution in [-0.4, -0.2) is 34.2 Å². The van der Waals surface area contributed by atoms with Gasteiger partial charge in [-0.1, -0.05) is 23.7 Å². The third-order valence-electron chi connectivity index (χ3n) is 3.89. The van der Waals surface area contributed by atoms with Crippen molar-refractivity contribution in [2.75, 3.05) is 13.2 Å². The minimum absolute atomic E-state index is 0.218. The highest BCUT2D eigenvalue weighted by atomic mass is 35.5. The van der Waals surface area contributed by atoms with Gasteiger partial charge in [0.25, 0.3) is 0 Å². The zero-order chi connectivity index (χ0) is 13.2. The zero-order valence-corrected chi connectivity index (χ0v) is 11.5. The molecule has 4 heteroatoms. The maximum atomic E-state index is 9.41. The molecule has 1 fully saturated rings. The first kappa shape index (κ1) is 12.9. The van der Waals surface area contributed by atoms with Gasteiger partial charge in [-0.2, -0.15) is 0 Å². The molecule has 0 amide bonds. The van der Waals surface area contributed by atoms with E-state index in [9.17, 15) is 5.11 Å². The second-order valence-electron chi connectivity index (χ2n) is 5.05. The Morgan fingerprint density at radius 2 is 2.26 bits per heavy atom. The number of aliphatic hydroxyl groups excluding tert-OH is 1. The first-order valence-corrected chi connectivity index (χ1v) is 7.04. The lowest BCUT2D eigenvalue weighted by molar-refractivity contribution is 0.154. The Morgan fingerprint density at radius 3 is 3.11 bits per heavy atom. The predicted molar refractivity (Wildman–Crippen MR) is 77.3 cm³/mol. The van der Waals surface area contributed by atoms with Crippen LogP contribution in [0.25, 0.3) is 10.9 Å². The minimum atomic E-state index is 0.218. The fourth-order valence-corrected chi connectivity index (χ4v) is 3.06. The Kier molecular flexibility index (Phi) is 3.69. The Labute approximate surface area is 117 Å². The van der Waals surface area contributed by atoms with Gasteiger partial charge in [0.2, 0.25) is 0 Å². The van der Waals surface area contributed by atoms with Gasteiger partial charge in [0.1, 0.15) is 0 Å². The number of halogens is 1. The minimum Gasteiger partial charge on any atom is -0.395 e. The van der Waals surface area contributed by atoms with E-state index in [1.54, 1.807) is 6.20 Å². The van der Waals surface area contributed by atoms with Crippen LogP contribution in [0.4, 0.5) is 0 Å². The Bertz CT molecular complexity index is 587. The van der Waals surface area contributed by atoms with Crippen molar-refractivity contribution in [3.8, 4) is 0 Å². The summed E-state index contributed by atoms with van der Waals surface area (Å²) in [7, 11) is 0. The lowest BCUT2D eigenvalue weighted by atomic mass is 10.1. The number of fused-ring (bicyclic) bond motifs is 1. The summed E-state index contributed by atoms with van der Waals surface area (Å²) in [5, 5.41) is 11.3. The van der Waals surface area contributed by atoms with Gasteiger partial charge in [0.05, 0.1) is 12.1 Å². The summed E-state index contributed by atoms with van der Waals surface area (Å²) in [6, 6.07) is 8.18. The molecule has 2 heterocycles. The van der Waals surface area contributed by atoms with Gasteiger partial charge in [-0.25, -0.2) is 0 Å². The number of hydrogen-bond acceptors (Lipinski definition) is 3. The topological polar surface area (TPSA) is 36.4 Å². The highest BCUT2D eigenvalue weighted by Crippen LogP contribution is 2.28. The fourth-order valence-electron chi connectivity index (χ4n) is 2.84. The van der Waals surface area contributed by atoms with Crippen LogP contribution in [0, 0.1) is 0 Å². The summed E-state index contributed by atoms with van der Waals surface area (Å²) in [6.45, 7) is 2.00. The van der Waals surface area contributed by atoms with Crippen LogP contribution in [0.2, 0.25) is 5.02 Å². The molecule has 0 bridgehead atoms. The molecule has 1 aliphatic rings. The smallest absolute Gasteiger partial charge is 0.0761 e. The summed E-state index contributed by atoms with van der Waals surface area (Å²) in [4.78, 5) is 6.76. The molecule has 1 aliphatic heterocycles. The molecule has 2 aromatic rings. The van der Waals surface area contributed by atoms with E-state index in [1.165, 1.54) is 0 Å².